The molecule has 1 aliphatic heterocycles. The lowest BCUT2D eigenvalue weighted by Gasteiger charge is -2.33. The number of amides is 1. The Morgan fingerprint density at radius 1 is 1.26 bits per heavy atom. The largest absolute Gasteiger partial charge is 0.443 e. The number of piperidine rings is 1. The molecule has 1 fully saturated rings. The number of benzene rings is 1. The molecule has 0 bridgehead atoms. The zero-order chi connectivity index (χ0) is 18.6. The number of carbonyl (C=O) groups excluding carboxylic acids is 1. The van der Waals surface area contributed by atoms with Gasteiger partial charge in [0.2, 0.25) is 11.8 Å². The lowest BCUT2D eigenvalue weighted by atomic mass is 10.0. The van der Waals surface area contributed by atoms with Crippen LogP contribution in [0.4, 0.5) is 4.39 Å². The molecule has 1 aliphatic rings. The van der Waals surface area contributed by atoms with Crippen LogP contribution in [0.15, 0.2) is 53.3 Å². The van der Waals surface area contributed by atoms with Crippen molar-refractivity contribution in [2.75, 3.05) is 6.54 Å². The number of oxazole rings is 1. The van der Waals surface area contributed by atoms with Gasteiger partial charge in [0.15, 0.2) is 0 Å². The molecule has 1 aromatic carbocycles. The third kappa shape index (κ3) is 4.07. The molecule has 4 rings (SSSR count). The molecule has 3 aromatic rings. The first-order valence-corrected chi connectivity index (χ1v) is 9.15. The molecule has 1 saturated heterocycles. The first-order chi connectivity index (χ1) is 13.2. The Hall–Kier alpha value is -2.96. The van der Waals surface area contributed by atoms with Crippen molar-refractivity contribution in [3.8, 4) is 0 Å². The summed E-state index contributed by atoms with van der Waals surface area (Å²) in [7, 11) is 0. The van der Waals surface area contributed by atoms with Gasteiger partial charge in [0.25, 0.3) is 0 Å². The van der Waals surface area contributed by atoms with Crippen LogP contribution in [0.2, 0.25) is 0 Å². The average molecular weight is 368 g/mol. The van der Waals surface area contributed by atoms with Crippen molar-refractivity contribution in [2.24, 2.45) is 0 Å². The maximum Gasteiger partial charge on any atom is 0.244 e. The third-order valence-corrected chi connectivity index (χ3v) is 4.83. The van der Waals surface area contributed by atoms with E-state index in [1.807, 2.05) is 4.90 Å². The Kier molecular flexibility index (Phi) is 5.00. The van der Waals surface area contributed by atoms with Gasteiger partial charge >= 0.3 is 0 Å². The van der Waals surface area contributed by atoms with Crippen molar-refractivity contribution in [1.29, 1.82) is 0 Å². The lowest BCUT2D eigenvalue weighted by Crippen LogP contribution is -2.40. The number of hydrogen-bond acceptors (Lipinski definition) is 4. The Balaban J connectivity index is 1.47. The van der Waals surface area contributed by atoms with Gasteiger partial charge in [0, 0.05) is 25.4 Å². The summed E-state index contributed by atoms with van der Waals surface area (Å²) in [5.41, 5.74) is 0.953. The van der Waals surface area contributed by atoms with Gasteiger partial charge in [-0.25, -0.2) is 9.37 Å². The average Bonchev–Trinajstić information content (AvgIpc) is 3.36. The second-order valence-corrected chi connectivity index (χ2v) is 6.77. The summed E-state index contributed by atoms with van der Waals surface area (Å²) in [6.45, 7) is 0.910. The van der Waals surface area contributed by atoms with Gasteiger partial charge in [0.05, 0.1) is 6.20 Å². The van der Waals surface area contributed by atoms with E-state index in [2.05, 4.69) is 10.1 Å². The minimum absolute atomic E-state index is 0.0154. The molecule has 0 saturated carbocycles. The fourth-order valence-corrected chi connectivity index (χ4v) is 3.47. The van der Waals surface area contributed by atoms with Crippen molar-refractivity contribution in [1.82, 2.24) is 19.7 Å². The summed E-state index contributed by atoms with van der Waals surface area (Å²) >= 11 is 0. The molecule has 0 aliphatic carbocycles. The van der Waals surface area contributed by atoms with Crippen molar-refractivity contribution >= 4 is 5.91 Å². The van der Waals surface area contributed by atoms with Crippen LogP contribution in [0.3, 0.4) is 0 Å². The molecular weight excluding hydrogens is 347 g/mol. The Bertz CT molecular complexity index is 889. The smallest absolute Gasteiger partial charge is 0.244 e. The summed E-state index contributed by atoms with van der Waals surface area (Å²) in [5, 5.41) is 4.11. The molecule has 0 radical (unpaired) electrons. The van der Waals surface area contributed by atoms with Gasteiger partial charge < -0.3 is 9.32 Å². The van der Waals surface area contributed by atoms with E-state index < -0.39 is 0 Å². The SMILES string of the molecule is O=C(Cn1cccn1)N1CCCCC1c1ncc(Cc2ccc(F)cc2)o1. The van der Waals surface area contributed by atoms with Crippen molar-refractivity contribution < 1.29 is 13.6 Å². The van der Waals surface area contributed by atoms with E-state index in [1.54, 1.807) is 41.5 Å². The number of aromatic nitrogens is 3. The van der Waals surface area contributed by atoms with Gasteiger partial charge in [-0.2, -0.15) is 5.10 Å². The second kappa shape index (κ2) is 7.73. The second-order valence-electron chi connectivity index (χ2n) is 6.77. The van der Waals surface area contributed by atoms with Crippen LogP contribution in [-0.2, 0) is 17.8 Å². The topological polar surface area (TPSA) is 64.2 Å². The lowest BCUT2D eigenvalue weighted by molar-refractivity contribution is -0.136. The summed E-state index contributed by atoms with van der Waals surface area (Å²) in [6.07, 6.45) is 8.53. The molecule has 1 unspecified atom stereocenters. The van der Waals surface area contributed by atoms with E-state index >= 15 is 0 Å². The van der Waals surface area contributed by atoms with Gasteiger partial charge in [-0.05, 0) is 43.0 Å². The Morgan fingerprint density at radius 3 is 2.89 bits per heavy atom. The highest BCUT2D eigenvalue weighted by molar-refractivity contribution is 5.76. The van der Waals surface area contributed by atoms with Crippen LogP contribution in [0, 0.1) is 5.82 Å². The van der Waals surface area contributed by atoms with E-state index in [0.717, 1.165) is 24.8 Å². The summed E-state index contributed by atoms with van der Waals surface area (Å²) in [5.74, 6) is 1.04. The van der Waals surface area contributed by atoms with Crippen LogP contribution in [0.25, 0.3) is 0 Å². The monoisotopic (exact) mass is 368 g/mol. The molecular formula is C20H21FN4O2. The highest BCUT2D eigenvalue weighted by atomic mass is 19.1. The first kappa shape index (κ1) is 17.5. The van der Waals surface area contributed by atoms with E-state index in [4.69, 9.17) is 4.42 Å². The minimum atomic E-state index is -0.259. The Morgan fingerprint density at radius 2 is 2.11 bits per heavy atom. The molecule has 27 heavy (non-hydrogen) atoms. The summed E-state index contributed by atoms with van der Waals surface area (Å²) in [4.78, 5) is 19.0. The van der Waals surface area contributed by atoms with Gasteiger partial charge in [-0.3, -0.25) is 9.48 Å². The first-order valence-electron chi connectivity index (χ1n) is 9.15. The van der Waals surface area contributed by atoms with Crippen LogP contribution in [-0.4, -0.2) is 32.1 Å². The fraction of sp³-hybridized carbons (Fsp3) is 0.350. The van der Waals surface area contributed by atoms with E-state index in [9.17, 15) is 9.18 Å². The van der Waals surface area contributed by atoms with Crippen LogP contribution in [0.1, 0.15) is 42.5 Å². The van der Waals surface area contributed by atoms with Gasteiger partial charge in [-0.15, -0.1) is 0 Å². The maximum atomic E-state index is 13.0. The molecule has 7 heteroatoms. The summed E-state index contributed by atoms with van der Waals surface area (Å²) < 4.78 is 20.6. The number of hydrogen-bond donors (Lipinski definition) is 0. The molecule has 0 N–H and O–H groups in total. The number of nitrogens with zero attached hydrogens (tertiary/aromatic N) is 4. The molecule has 2 aromatic heterocycles. The third-order valence-electron chi connectivity index (χ3n) is 4.83. The van der Waals surface area contributed by atoms with E-state index in [1.165, 1.54) is 12.1 Å². The van der Waals surface area contributed by atoms with E-state index in [0.29, 0.717) is 24.6 Å². The maximum absolute atomic E-state index is 13.0. The molecule has 1 atom stereocenters. The van der Waals surface area contributed by atoms with Crippen LogP contribution in [0.5, 0.6) is 0 Å². The highest BCUT2D eigenvalue weighted by Crippen LogP contribution is 2.31. The van der Waals surface area contributed by atoms with Crippen LogP contribution >= 0.6 is 0 Å². The Labute approximate surface area is 156 Å². The standard InChI is InChI=1S/C20H21FN4O2/c21-16-7-5-15(6-8-16)12-17-13-22-20(27-17)18-4-1-2-11-25(18)19(26)14-24-10-3-9-23-24/h3,5-10,13,18H,1-2,4,11-12,14H2. The quantitative estimate of drug-likeness (QED) is 0.693. The predicted molar refractivity (Wildman–Crippen MR) is 96.2 cm³/mol. The van der Waals surface area contributed by atoms with Crippen molar-refractivity contribution in [3.63, 3.8) is 0 Å². The number of halogens is 1. The van der Waals surface area contributed by atoms with Gasteiger partial charge in [0.1, 0.15) is 24.2 Å². The molecule has 3 heterocycles. The number of carbonyl (C=O) groups is 1. The van der Waals surface area contributed by atoms with Gasteiger partial charge in [-0.1, -0.05) is 12.1 Å². The highest BCUT2D eigenvalue weighted by Gasteiger charge is 2.31. The number of likely N-dealkylation sites (tertiary alicyclic amines) is 1. The predicted octanol–water partition coefficient (Wildman–Crippen LogP) is 3.35. The molecule has 0 spiro atoms. The van der Waals surface area contributed by atoms with Crippen LogP contribution < -0.4 is 0 Å². The molecule has 1 amide bonds. The molecule has 6 nitrogen and oxygen atoms in total. The van der Waals surface area contributed by atoms with Crippen molar-refractivity contribution in [3.05, 3.63) is 72.0 Å². The minimum Gasteiger partial charge on any atom is -0.443 e. The zero-order valence-corrected chi connectivity index (χ0v) is 14.9. The number of rotatable bonds is 5. The summed E-state index contributed by atoms with van der Waals surface area (Å²) in [6, 6.07) is 7.99. The molecule has 140 valence electrons. The zero-order valence-electron chi connectivity index (χ0n) is 14.9. The van der Waals surface area contributed by atoms with E-state index in [-0.39, 0.29) is 24.3 Å². The normalized spacial score (nSPS) is 17.2. The van der Waals surface area contributed by atoms with Crippen molar-refractivity contribution in [2.45, 2.75) is 38.3 Å². The fourth-order valence-electron chi connectivity index (χ4n) is 3.47.